The van der Waals surface area contributed by atoms with Gasteiger partial charge in [-0.05, 0) is 19.3 Å². The van der Waals surface area contributed by atoms with E-state index in [0.717, 1.165) is 19.6 Å². The van der Waals surface area contributed by atoms with Gasteiger partial charge in [0.1, 0.15) is 0 Å². The van der Waals surface area contributed by atoms with E-state index in [4.69, 9.17) is 9.47 Å². The fraction of sp³-hybridized carbons (Fsp3) is 1.00. The smallest absolute Gasteiger partial charge is 0.0621 e. The summed E-state index contributed by atoms with van der Waals surface area (Å²) in [5.74, 6) is 0. The summed E-state index contributed by atoms with van der Waals surface area (Å²) >= 11 is 0. The highest BCUT2D eigenvalue weighted by molar-refractivity contribution is 4.75. The molecule has 0 aromatic carbocycles. The van der Waals surface area contributed by atoms with Crippen LogP contribution in [0, 0.1) is 0 Å². The third kappa shape index (κ3) is 1.10. The average molecular weight is 128 g/mol. The molecule has 2 atom stereocenters. The summed E-state index contributed by atoms with van der Waals surface area (Å²) in [6.45, 7) is 1.94. The minimum absolute atomic E-state index is 0.537. The highest BCUT2D eigenvalue weighted by atomic mass is 16.5. The monoisotopic (exact) mass is 128 g/mol. The lowest BCUT2D eigenvalue weighted by molar-refractivity contribution is -0.120. The van der Waals surface area contributed by atoms with Crippen LogP contribution >= 0.6 is 0 Å². The van der Waals surface area contributed by atoms with E-state index in [1.807, 2.05) is 0 Å². The van der Waals surface area contributed by atoms with Gasteiger partial charge < -0.3 is 9.47 Å². The molecular formula is C7H12O2. The fourth-order valence-electron chi connectivity index (χ4n) is 1.23. The average Bonchev–Trinajstić information content (AvgIpc) is 1.57. The molecule has 0 bridgehead atoms. The lowest BCUT2D eigenvalue weighted by atomic mass is 10.0. The Kier molecular flexibility index (Phi) is 1.44. The predicted molar refractivity (Wildman–Crippen MR) is 33.3 cm³/mol. The Morgan fingerprint density at radius 2 is 1.44 bits per heavy atom. The second-order valence-corrected chi connectivity index (χ2v) is 2.80. The van der Waals surface area contributed by atoms with Crippen LogP contribution in [0.4, 0.5) is 0 Å². The number of hydrogen-bond donors (Lipinski definition) is 0. The summed E-state index contributed by atoms with van der Waals surface area (Å²) in [6, 6.07) is 0. The molecule has 9 heavy (non-hydrogen) atoms. The van der Waals surface area contributed by atoms with Gasteiger partial charge in [-0.1, -0.05) is 0 Å². The molecule has 2 nitrogen and oxygen atoms in total. The van der Waals surface area contributed by atoms with E-state index >= 15 is 0 Å². The van der Waals surface area contributed by atoms with Gasteiger partial charge in [0.15, 0.2) is 0 Å². The third-order valence-electron chi connectivity index (χ3n) is 2.11. The van der Waals surface area contributed by atoms with Crippen LogP contribution in [0.15, 0.2) is 0 Å². The number of hydrogen-bond acceptors (Lipinski definition) is 2. The maximum absolute atomic E-state index is 5.26. The maximum atomic E-state index is 5.26. The molecule has 2 heteroatoms. The van der Waals surface area contributed by atoms with E-state index in [-0.39, 0.29) is 0 Å². The Bertz CT molecular complexity index is 83.1. The zero-order chi connectivity index (χ0) is 6.10. The Morgan fingerprint density at radius 3 is 1.67 bits per heavy atom. The molecule has 2 aliphatic heterocycles. The largest absolute Gasteiger partial charge is 0.378 e. The molecule has 0 saturated carbocycles. The van der Waals surface area contributed by atoms with E-state index in [2.05, 4.69) is 0 Å². The molecule has 2 fully saturated rings. The molecule has 2 aliphatic rings. The zero-order valence-electron chi connectivity index (χ0n) is 5.51. The lowest BCUT2D eigenvalue weighted by Crippen LogP contribution is -2.36. The van der Waals surface area contributed by atoms with E-state index in [1.54, 1.807) is 0 Å². The highest BCUT2D eigenvalue weighted by Crippen LogP contribution is 2.23. The predicted octanol–water partition coefficient (Wildman–Crippen LogP) is 0.954. The first-order chi connectivity index (χ1) is 4.45. The van der Waals surface area contributed by atoms with Gasteiger partial charge in [-0.15, -0.1) is 0 Å². The molecule has 2 saturated heterocycles. The molecule has 2 unspecified atom stereocenters. The molecule has 0 spiro atoms. The molecule has 2 rings (SSSR count). The molecular weight excluding hydrogens is 116 g/mol. The first kappa shape index (κ1) is 5.69. The van der Waals surface area contributed by atoms with Crippen LogP contribution in [0.5, 0.6) is 0 Å². The Morgan fingerprint density at radius 1 is 1.00 bits per heavy atom. The third-order valence-corrected chi connectivity index (χ3v) is 2.11. The second kappa shape index (κ2) is 2.27. The van der Waals surface area contributed by atoms with Crippen molar-refractivity contribution in [3.05, 3.63) is 0 Å². The van der Waals surface area contributed by atoms with Crippen LogP contribution in [0.25, 0.3) is 0 Å². The van der Waals surface area contributed by atoms with E-state index in [9.17, 15) is 0 Å². The maximum Gasteiger partial charge on any atom is 0.0621 e. The summed E-state index contributed by atoms with van der Waals surface area (Å²) in [5, 5.41) is 0. The molecule has 0 N–H and O–H groups in total. The van der Waals surface area contributed by atoms with Crippen LogP contribution in [-0.4, -0.2) is 25.4 Å². The van der Waals surface area contributed by atoms with Crippen molar-refractivity contribution in [2.24, 2.45) is 0 Å². The van der Waals surface area contributed by atoms with Crippen molar-refractivity contribution in [1.29, 1.82) is 0 Å². The van der Waals surface area contributed by atoms with Crippen molar-refractivity contribution < 1.29 is 9.47 Å². The van der Waals surface area contributed by atoms with Crippen molar-refractivity contribution in [2.75, 3.05) is 13.2 Å². The number of ether oxygens (including phenoxy) is 2. The first-order valence-corrected chi connectivity index (χ1v) is 3.68. The Hall–Kier alpha value is -0.0800. The van der Waals surface area contributed by atoms with Crippen molar-refractivity contribution >= 4 is 0 Å². The summed E-state index contributed by atoms with van der Waals surface area (Å²) in [5.41, 5.74) is 0. The molecule has 0 amide bonds. The van der Waals surface area contributed by atoms with Gasteiger partial charge in [0.05, 0.1) is 12.2 Å². The minimum atomic E-state index is 0.537. The van der Waals surface area contributed by atoms with Crippen molar-refractivity contribution in [3.63, 3.8) is 0 Å². The van der Waals surface area contributed by atoms with Gasteiger partial charge in [-0.25, -0.2) is 0 Å². The summed E-state index contributed by atoms with van der Waals surface area (Å²) in [4.78, 5) is 0. The summed E-state index contributed by atoms with van der Waals surface area (Å²) < 4.78 is 10.5. The summed E-state index contributed by atoms with van der Waals surface area (Å²) in [7, 11) is 0. The van der Waals surface area contributed by atoms with E-state index in [0.29, 0.717) is 12.2 Å². The molecule has 52 valence electrons. The topological polar surface area (TPSA) is 18.5 Å². The van der Waals surface area contributed by atoms with Crippen molar-refractivity contribution in [2.45, 2.75) is 31.5 Å². The van der Waals surface area contributed by atoms with Gasteiger partial charge in [0, 0.05) is 13.2 Å². The zero-order valence-corrected chi connectivity index (χ0v) is 5.51. The first-order valence-electron chi connectivity index (χ1n) is 3.68. The Balaban J connectivity index is 1.64. The van der Waals surface area contributed by atoms with Crippen LogP contribution in [-0.2, 0) is 9.47 Å². The number of rotatable bonds is 2. The van der Waals surface area contributed by atoms with Gasteiger partial charge in [-0.2, -0.15) is 0 Å². The Labute approximate surface area is 55.1 Å². The quantitative estimate of drug-likeness (QED) is 0.551. The van der Waals surface area contributed by atoms with Crippen LogP contribution in [0.1, 0.15) is 19.3 Å². The van der Waals surface area contributed by atoms with Gasteiger partial charge in [0.2, 0.25) is 0 Å². The molecule has 0 aromatic rings. The van der Waals surface area contributed by atoms with E-state index < -0.39 is 0 Å². The minimum Gasteiger partial charge on any atom is -0.378 e. The summed E-state index contributed by atoms with van der Waals surface area (Å²) in [6.07, 6.45) is 4.71. The molecule has 2 heterocycles. The molecule has 0 aromatic heterocycles. The SMILES string of the molecule is C1CC(CC2CCO2)O1. The van der Waals surface area contributed by atoms with E-state index in [1.165, 1.54) is 12.8 Å². The van der Waals surface area contributed by atoms with Crippen molar-refractivity contribution in [3.8, 4) is 0 Å². The van der Waals surface area contributed by atoms with Crippen LogP contribution < -0.4 is 0 Å². The fourth-order valence-corrected chi connectivity index (χ4v) is 1.23. The standard InChI is InChI=1S/C7H12O2/c1-3-8-6(1)5-7-2-4-9-7/h6-7H,1-5H2. The van der Waals surface area contributed by atoms with Gasteiger partial charge in [-0.3, -0.25) is 0 Å². The second-order valence-electron chi connectivity index (χ2n) is 2.80. The molecule has 0 aliphatic carbocycles. The lowest BCUT2D eigenvalue weighted by Gasteiger charge is -2.34. The van der Waals surface area contributed by atoms with Crippen molar-refractivity contribution in [1.82, 2.24) is 0 Å². The van der Waals surface area contributed by atoms with Crippen LogP contribution in [0.2, 0.25) is 0 Å². The van der Waals surface area contributed by atoms with Crippen LogP contribution in [0.3, 0.4) is 0 Å². The highest BCUT2D eigenvalue weighted by Gasteiger charge is 2.26. The molecule has 0 radical (unpaired) electrons. The van der Waals surface area contributed by atoms with Gasteiger partial charge in [0.25, 0.3) is 0 Å². The normalized spacial score (nSPS) is 41.3. The van der Waals surface area contributed by atoms with Gasteiger partial charge >= 0.3 is 0 Å².